The Kier molecular flexibility index (Phi) is 2.35. The summed E-state index contributed by atoms with van der Waals surface area (Å²) in [7, 11) is 0. The Morgan fingerprint density at radius 1 is 1.35 bits per heavy atom. The Balaban J connectivity index is 1.95. The van der Waals surface area contributed by atoms with E-state index in [2.05, 4.69) is 22.0 Å². The molecule has 0 spiro atoms. The van der Waals surface area contributed by atoms with E-state index in [-0.39, 0.29) is 18.0 Å². The molecule has 1 amide bonds. The predicted molar refractivity (Wildman–Crippen MR) is 63.5 cm³/mol. The third kappa shape index (κ3) is 1.69. The van der Waals surface area contributed by atoms with E-state index in [0.717, 1.165) is 0 Å². The van der Waals surface area contributed by atoms with Gasteiger partial charge in [0.15, 0.2) is 0 Å². The van der Waals surface area contributed by atoms with E-state index < -0.39 is 0 Å². The number of amidine groups is 1. The molecule has 1 fully saturated rings. The van der Waals surface area contributed by atoms with Gasteiger partial charge in [-0.3, -0.25) is 4.79 Å². The van der Waals surface area contributed by atoms with Crippen molar-refractivity contribution in [3.63, 3.8) is 0 Å². The molecule has 0 unspecified atom stereocenters. The standard InChI is InChI=1S/C13H14N2O2/c1-9-7-12(16)14-13-15(9)11(8-17-13)10-5-3-2-4-6-10/h2-6,9,11H,7-8H2,1H3/t9-,11-/m1/s1. The first kappa shape index (κ1) is 10.3. The number of fused-ring (bicyclic) bond motifs is 1. The maximum Gasteiger partial charge on any atom is 0.296 e. The topological polar surface area (TPSA) is 41.9 Å². The lowest BCUT2D eigenvalue weighted by atomic mass is 10.0. The fourth-order valence-corrected chi connectivity index (χ4v) is 2.46. The Hall–Kier alpha value is -1.84. The average molecular weight is 230 g/mol. The third-order valence-corrected chi connectivity index (χ3v) is 3.28. The first-order valence-electron chi connectivity index (χ1n) is 5.83. The Morgan fingerprint density at radius 2 is 2.12 bits per heavy atom. The summed E-state index contributed by atoms with van der Waals surface area (Å²) in [5.41, 5.74) is 1.21. The zero-order chi connectivity index (χ0) is 11.8. The van der Waals surface area contributed by atoms with Gasteiger partial charge in [-0.05, 0) is 12.5 Å². The molecule has 4 nitrogen and oxygen atoms in total. The highest BCUT2D eigenvalue weighted by Gasteiger charge is 2.39. The number of aliphatic imine (C=N–C) groups is 1. The molecule has 2 aliphatic rings. The normalized spacial score (nSPS) is 27.5. The van der Waals surface area contributed by atoms with Crippen LogP contribution in [0.3, 0.4) is 0 Å². The van der Waals surface area contributed by atoms with Gasteiger partial charge in [0.2, 0.25) is 0 Å². The number of benzene rings is 1. The van der Waals surface area contributed by atoms with E-state index in [1.165, 1.54) is 5.56 Å². The van der Waals surface area contributed by atoms with Gasteiger partial charge in [-0.1, -0.05) is 30.3 Å². The Bertz CT molecular complexity index is 470. The van der Waals surface area contributed by atoms with Crippen molar-refractivity contribution in [2.24, 2.45) is 4.99 Å². The smallest absolute Gasteiger partial charge is 0.296 e. The van der Waals surface area contributed by atoms with Crippen LogP contribution in [0.4, 0.5) is 0 Å². The molecule has 1 saturated heterocycles. The van der Waals surface area contributed by atoms with Crippen molar-refractivity contribution in [1.29, 1.82) is 0 Å². The van der Waals surface area contributed by atoms with Crippen LogP contribution in [0.1, 0.15) is 24.9 Å². The van der Waals surface area contributed by atoms with E-state index in [4.69, 9.17) is 4.74 Å². The monoisotopic (exact) mass is 230 g/mol. The van der Waals surface area contributed by atoms with Gasteiger partial charge in [-0.15, -0.1) is 0 Å². The number of ether oxygens (including phenoxy) is 1. The molecule has 3 rings (SSSR count). The van der Waals surface area contributed by atoms with Crippen LogP contribution in [-0.2, 0) is 9.53 Å². The minimum Gasteiger partial charge on any atom is -0.462 e. The molecule has 4 heteroatoms. The summed E-state index contributed by atoms with van der Waals surface area (Å²) >= 11 is 0. The summed E-state index contributed by atoms with van der Waals surface area (Å²) < 4.78 is 5.52. The molecule has 17 heavy (non-hydrogen) atoms. The number of hydrogen-bond donors (Lipinski definition) is 0. The molecule has 0 aromatic heterocycles. The highest BCUT2D eigenvalue weighted by molar-refractivity contribution is 5.94. The van der Waals surface area contributed by atoms with E-state index in [9.17, 15) is 4.79 Å². The number of nitrogens with zero attached hydrogens (tertiary/aromatic N) is 2. The molecule has 2 aliphatic heterocycles. The number of hydrogen-bond acceptors (Lipinski definition) is 3. The summed E-state index contributed by atoms with van der Waals surface area (Å²) in [4.78, 5) is 17.4. The molecule has 1 aromatic rings. The van der Waals surface area contributed by atoms with E-state index in [0.29, 0.717) is 19.0 Å². The van der Waals surface area contributed by atoms with Gasteiger partial charge in [-0.25, -0.2) is 0 Å². The number of rotatable bonds is 1. The van der Waals surface area contributed by atoms with Crippen molar-refractivity contribution in [3.05, 3.63) is 35.9 Å². The van der Waals surface area contributed by atoms with Crippen molar-refractivity contribution in [2.75, 3.05) is 6.61 Å². The van der Waals surface area contributed by atoms with Crippen LogP contribution in [0.15, 0.2) is 35.3 Å². The molecule has 1 aromatic carbocycles. The Labute approximate surface area is 99.9 Å². The number of carbonyl (C=O) groups excluding carboxylic acids is 1. The molecule has 0 saturated carbocycles. The van der Waals surface area contributed by atoms with Crippen molar-refractivity contribution >= 4 is 11.9 Å². The minimum atomic E-state index is -0.0857. The second kappa shape index (κ2) is 3.87. The minimum absolute atomic E-state index is 0.0857. The second-order valence-electron chi connectivity index (χ2n) is 4.49. The van der Waals surface area contributed by atoms with Gasteiger partial charge < -0.3 is 9.64 Å². The summed E-state index contributed by atoms with van der Waals surface area (Å²) in [5, 5.41) is 0. The fraction of sp³-hybridized carbons (Fsp3) is 0.385. The molecule has 88 valence electrons. The maximum absolute atomic E-state index is 11.4. The van der Waals surface area contributed by atoms with Crippen LogP contribution in [0.25, 0.3) is 0 Å². The lowest BCUT2D eigenvalue weighted by molar-refractivity contribution is -0.119. The van der Waals surface area contributed by atoms with Gasteiger partial charge in [0.25, 0.3) is 11.9 Å². The van der Waals surface area contributed by atoms with E-state index in [1.54, 1.807) is 0 Å². The molecular weight excluding hydrogens is 216 g/mol. The van der Waals surface area contributed by atoms with Crippen molar-refractivity contribution in [3.8, 4) is 0 Å². The summed E-state index contributed by atoms with van der Waals surface area (Å²) in [6.45, 7) is 2.61. The average Bonchev–Trinajstić information content (AvgIpc) is 2.74. The van der Waals surface area contributed by atoms with Crippen LogP contribution in [0.2, 0.25) is 0 Å². The first-order valence-corrected chi connectivity index (χ1v) is 5.83. The van der Waals surface area contributed by atoms with Crippen LogP contribution < -0.4 is 0 Å². The van der Waals surface area contributed by atoms with Crippen LogP contribution >= 0.6 is 0 Å². The molecule has 0 bridgehead atoms. The van der Waals surface area contributed by atoms with Gasteiger partial charge >= 0.3 is 0 Å². The predicted octanol–water partition coefficient (Wildman–Crippen LogP) is 1.73. The molecule has 2 atom stereocenters. The quantitative estimate of drug-likeness (QED) is 0.738. The van der Waals surface area contributed by atoms with Gasteiger partial charge in [0.05, 0.1) is 6.04 Å². The highest BCUT2D eigenvalue weighted by Crippen LogP contribution is 2.32. The van der Waals surface area contributed by atoms with Crippen molar-refractivity contribution < 1.29 is 9.53 Å². The lowest BCUT2D eigenvalue weighted by Crippen LogP contribution is -2.41. The van der Waals surface area contributed by atoms with Crippen LogP contribution in [0, 0.1) is 0 Å². The van der Waals surface area contributed by atoms with Crippen LogP contribution in [0.5, 0.6) is 0 Å². The van der Waals surface area contributed by atoms with Gasteiger partial charge in [0.1, 0.15) is 6.61 Å². The molecule has 0 aliphatic carbocycles. The number of amides is 1. The van der Waals surface area contributed by atoms with Crippen LogP contribution in [-0.4, -0.2) is 29.5 Å². The molecule has 0 N–H and O–H groups in total. The zero-order valence-corrected chi connectivity index (χ0v) is 9.67. The SMILES string of the molecule is C[C@@H]1CC(=O)N=C2OC[C@H](c3ccccc3)N21. The van der Waals surface area contributed by atoms with Gasteiger partial charge in [-0.2, -0.15) is 4.99 Å². The molecular formula is C13H14N2O2. The van der Waals surface area contributed by atoms with E-state index >= 15 is 0 Å². The van der Waals surface area contributed by atoms with Crippen molar-refractivity contribution in [1.82, 2.24) is 4.90 Å². The van der Waals surface area contributed by atoms with E-state index in [1.807, 2.05) is 25.1 Å². The summed E-state index contributed by atoms with van der Waals surface area (Å²) in [5.74, 6) is -0.0857. The number of carbonyl (C=O) groups is 1. The summed E-state index contributed by atoms with van der Waals surface area (Å²) in [6.07, 6.45) is 0.468. The van der Waals surface area contributed by atoms with Crippen molar-refractivity contribution in [2.45, 2.75) is 25.4 Å². The second-order valence-corrected chi connectivity index (χ2v) is 4.49. The molecule has 0 radical (unpaired) electrons. The Morgan fingerprint density at radius 3 is 2.88 bits per heavy atom. The third-order valence-electron chi connectivity index (χ3n) is 3.28. The largest absolute Gasteiger partial charge is 0.462 e. The lowest BCUT2D eigenvalue weighted by Gasteiger charge is -2.31. The first-order chi connectivity index (χ1) is 8.25. The highest BCUT2D eigenvalue weighted by atomic mass is 16.5. The zero-order valence-electron chi connectivity index (χ0n) is 9.67. The maximum atomic E-state index is 11.4. The van der Waals surface area contributed by atoms with Gasteiger partial charge in [0, 0.05) is 12.5 Å². The fourth-order valence-electron chi connectivity index (χ4n) is 2.46. The summed E-state index contributed by atoms with van der Waals surface area (Å²) in [6, 6.07) is 11.0. The molecule has 2 heterocycles.